The summed E-state index contributed by atoms with van der Waals surface area (Å²) < 4.78 is 26.4. The van der Waals surface area contributed by atoms with E-state index in [4.69, 9.17) is 30.4 Å². The van der Waals surface area contributed by atoms with Crippen LogP contribution in [0.1, 0.15) is 78.4 Å². The molecule has 3 heterocycles. The van der Waals surface area contributed by atoms with Gasteiger partial charge in [0.2, 0.25) is 17.8 Å². The fraction of sp³-hybridized carbons (Fsp3) is 0.327. The molecule has 22 heteroatoms. The Labute approximate surface area is 429 Å². The van der Waals surface area contributed by atoms with Crippen molar-refractivity contribution in [2.75, 3.05) is 57.0 Å². The first-order valence-corrected chi connectivity index (χ1v) is 23.5. The number of anilines is 3. The number of fused-ring (bicyclic) bond motifs is 2. The molecule has 3 aromatic carbocycles. The maximum Gasteiger partial charge on any atom is 0.412 e. The Kier molecular flexibility index (Phi) is 21.8. The fourth-order valence-electron chi connectivity index (χ4n) is 7.00. The Morgan fingerprint density at radius 2 is 1.51 bits per heavy atom. The van der Waals surface area contributed by atoms with Crippen LogP contribution in [0.4, 0.5) is 22.4 Å². The quantitative estimate of drug-likeness (QED) is 0.0261. The molecule has 0 radical (unpaired) electrons. The van der Waals surface area contributed by atoms with Crippen molar-refractivity contribution < 1.29 is 42.9 Å². The van der Waals surface area contributed by atoms with Gasteiger partial charge in [0.1, 0.15) is 46.9 Å². The van der Waals surface area contributed by atoms with Gasteiger partial charge < -0.3 is 45.3 Å². The lowest BCUT2D eigenvalue weighted by molar-refractivity contribution is -0.110. The van der Waals surface area contributed by atoms with Crippen molar-refractivity contribution in [3.8, 4) is 11.5 Å². The highest BCUT2D eigenvalue weighted by atomic mass is 16.6. The molecular formula is C52H67N13O9. The summed E-state index contributed by atoms with van der Waals surface area (Å²) in [6.07, 6.45) is 9.13. The normalized spacial score (nSPS) is 11.7. The molecule has 0 aliphatic carbocycles. The molecule has 22 nitrogen and oxygen atoms in total. The Bertz CT molecular complexity index is 3040. The molecule has 0 spiro atoms. The van der Waals surface area contributed by atoms with Gasteiger partial charge in [-0.15, -0.1) is 0 Å². The number of methoxy groups -OCH3 is 2. The minimum Gasteiger partial charge on any atom is -0.494 e. The predicted molar refractivity (Wildman–Crippen MR) is 287 cm³/mol. The second-order valence-corrected chi connectivity index (χ2v) is 16.9. The van der Waals surface area contributed by atoms with E-state index in [1.807, 2.05) is 58.1 Å². The molecule has 4 amide bonds. The van der Waals surface area contributed by atoms with E-state index in [1.54, 1.807) is 96.3 Å². The monoisotopic (exact) mass is 1020 g/mol. The van der Waals surface area contributed by atoms with E-state index in [1.165, 1.54) is 20.2 Å². The van der Waals surface area contributed by atoms with Crippen molar-refractivity contribution in [1.29, 1.82) is 0 Å². The molecule has 6 rings (SSSR count). The predicted octanol–water partition coefficient (Wildman–Crippen LogP) is 6.79. The smallest absolute Gasteiger partial charge is 0.412 e. The number of ether oxygens (including phenoxy) is 4. The lowest BCUT2D eigenvalue weighted by atomic mass is 10.2. The number of amides is 4. The third-order valence-corrected chi connectivity index (χ3v) is 10.0. The largest absolute Gasteiger partial charge is 0.494 e. The van der Waals surface area contributed by atoms with Gasteiger partial charge in [-0.2, -0.15) is 5.10 Å². The van der Waals surface area contributed by atoms with Crippen molar-refractivity contribution in [2.24, 2.45) is 22.2 Å². The zero-order chi connectivity index (χ0) is 54.5. The molecule has 0 bridgehead atoms. The summed E-state index contributed by atoms with van der Waals surface area (Å²) >= 11 is 0. The standard InChI is InChI=1S/C35H39N11O5.C16H23NO4.CH5N/c1-6-38-26(14-20(3)36)32(49)41-35-40-25-16-22(19-47)17-29(51-5)30(25)45(35)13-9-8-12-44-27-11-10-23(31(37)48)18-24(27)39-34(44)42-33(50)28-15-21(4)43-46(28)7-2;1-16(2,3)21-15(18)17-13-8-7-9-14(12-13)20-11-6-5-10-19-4;1-2/h8-11,14-19H,6-7,12-13,36H2,1-5H3,(H2,37,48)(H,39,42,50)(H,40,41,49);5-9,12H,10-11H2,1-4H3,(H,17,18);2H2,1H3/b9-8+,20-14-,38-26?;6-5+;. The van der Waals surface area contributed by atoms with Crippen LogP contribution in [-0.4, -0.2) is 111 Å². The number of aldehydes is 1. The average molecular weight is 1020 g/mol. The number of carbonyl (C=O) groups excluding carboxylic acids is 5. The molecule has 0 saturated heterocycles. The maximum absolute atomic E-state index is 13.4. The molecule has 74 heavy (non-hydrogen) atoms. The highest BCUT2D eigenvalue weighted by Gasteiger charge is 2.22. The number of imidazole rings is 2. The van der Waals surface area contributed by atoms with Crippen LogP contribution in [0.2, 0.25) is 0 Å². The summed E-state index contributed by atoms with van der Waals surface area (Å²) in [6.45, 7) is 14.9. The molecule has 9 N–H and O–H groups in total. The second kappa shape index (κ2) is 27.8. The zero-order valence-corrected chi connectivity index (χ0v) is 43.5. The van der Waals surface area contributed by atoms with E-state index < -0.39 is 29.4 Å². The molecule has 0 unspecified atom stereocenters. The minimum atomic E-state index is -0.604. The number of nitrogens with one attached hydrogen (secondary N) is 3. The number of hydrogen-bond donors (Lipinski definition) is 6. The Hall–Kier alpha value is -8.63. The molecule has 6 aromatic rings. The van der Waals surface area contributed by atoms with Gasteiger partial charge in [-0.05, 0) is 116 Å². The summed E-state index contributed by atoms with van der Waals surface area (Å²) in [5.41, 5.74) is 20.3. The lowest BCUT2D eigenvalue weighted by Crippen LogP contribution is -2.27. The number of nitrogens with two attached hydrogens (primary N) is 3. The van der Waals surface area contributed by atoms with Crippen LogP contribution < -0.4 is 42.6 Å². The number of benzene rings is 3. The third-order valence-electron chi connectivity index (χ3n) is 10.0. The van der Waals surface area contributed by atoms with Crippen molar-refractivity contribution in [2.45, 2.75) is 73.7 Å². The summed E-state index contributed by atoms with van der Waals surface area (Å²) in [4.78, 5) is 75.4. The molecule has 3 aromatic heterocycles. The van der Waals surface area contributed by atoms with E-state index in [0.29, 0.717) is 94.5 Å². The van der Waals surface area contributed by atoms with Crippen molar-refractivity contribution in [3.63, 3.8) is 0 Å². The van der Waals surface area contributed by atoms with E-state index in [2.05, 4.69) is 41.7 Å². The van der Waals surface area contributed by atoms with E-state index in [0.717, 1.165) is 0 Å². The highest BCUT2D eigenvalue weighted by Crippen LogP contribution is 2.31. The molecule has 0 saturated carbocycles. The molecular weight excluding hydrogens is 951 g/mol. The lowest BCUT2D eigenvalue weighted by Gasteiger charge is -2.19. The van der Waals surface area contributed by atoms with Gasteiger partial charge in [0.15, 0.2) is 0 Å². The number of aromatic nitrogens is 6. The molecule has 0 aliphatic rings. The van der Waals surface area contributed by atoms with Gasteiger partial charge in [0.25, 0.3) is 11.8 Å². The van der Waals surface area contributed by atoms with Crippen LogP contribution in [-0.2, 0) is 33.9 Å². The molecule has 0 fully saturated rings. The van der Waals surface area contributed by atoms with Crippen molar-refractivity contribution in [3.05, 3.63) is 119 Å². The average Bonchev–Trinajstić information content (AvgIpc) is 4.03. The first-order chi connectivity index (χ1) is 35.4. The number of primary amides is 1. The second-order valence-electron chi connectivity index (χ2n) is 16.9. The van der Waals surface area contributed by atoms with Gasteiger partial charge in [-0.1, -0.05) is 24.3 Å². The number of rotatable bonds is 20. The van der Waals surface area contributed by atoms with Gasteiger partial charge in [0.05, 0.1) is 36.0 Å². The Balaban J connectivity index is 0.000000431. The number of carbonyl (C=O) groups is 5. The molecule has 0 aliphatic heterocycles. The van der Waals surface area contributed by atoms with Crippen molar-refractivity contribution >= 4 is 75.5 Å². The number of aryl methyl sites for hydroxylation is 2. The number of hydrogen-bond acceptors (Lipinski definition) is 15. The van der Waals surface area contributed by atoms with Crippen LogP contribution in [0, 0.1) is 6.92 Å². The van der Waals surface area contributed by atoms with Gasteiger partial charge in [-0.25, -0.2) is 14.8 Å². The van der Waals surface area contributed by atoms with Gasteiger partial charge >= 0.3 is 6.09 Å². The van der Waals surface area contributed by atoms with Crippen LogP contribution in [0.5, 0.6) is 11.5 Å². The maximum atomic E-state index is 13.4. The van der Waals surface area contributed by atoms with E-state index >= 15 is 0 Å². The first kappa shape index (κ1) is 57.9. The van der Waals surface area contributed by atoms with Crippen LogP contribution in [0.25, 0.3) is 22.1 Å². The summed E-state index contributed by atoms with van der Waals surface area (Å²) in [5, 5.41) is 12.8. The molecule has 0 atom stereocenters. The fourth-order valence-corrected chi connectivity index (χ4v) is 7.00. The first-order valence-electron chi connectivity index (χ1n) is 23.5. The van der Waals surface area contributed by atoms with Crippen LogP contribution >= 0.6 is 0 Å². The number of nitrogens with zero attached hydrogens (tertiary/aromatic N) is 7. The van der Waals surface area contributed by atoms with Crippen LogP contribution in [0.15, 0.2) is 102 Å². The summed E-state index contributed by atoms with van der Waals surface area (Å²) in [6, 6.07) is 16.9. The summed E-state index contributed by atoms with van der Waals surface area (Å²) in [7, 11) is 4.62. The van der Waals surface area contributed by atoms with Gasteiger partial charge in [0, 0.05) is 61.9 Å². The highest BCUT2D eigenvalue weighted by molar-refractivity contribution is 6.47. The van der Waals surface area contributed by atoms with E-state index in [-0.39, 0.29) is 36.3 Å². The van der Waals surface area contributed by atoms with E-state index in [9.17, 15) is 24.0 Å². The zero-order valence-electron chi connectivity index (χ0n) is 43.5. The SMILES string of the molecule is CCN=C(/C=C(/C)N)C(=O)Nc1nc2cc(C=O)cc(OC)c2n1C/C=C/Cn1c(NC(=O)c2cc(C)nn2CC)nc2cc(C(N)=O)ccc21.CN.COC/C=C/COc1cccc(NC(=O)OC(C)(C)C)c1. The third kappa shape index (κ3) is 16.5. The topological polar surface area (TPSA) is 302 Å². The summed E-state index contributed by atoms with van der Waals surface area (Å²) in [5.74, 6) is -0.0248. The number of aliphatic imine (C=N–C) groups is 1. The molecule has 394 valence electrons. The van der Waals surface area contributed by atoms with Crippen molar-refractivity contribution in [1.82, 2.24) is 28.9 Å². The minimum absolute atomic E-state index is 0.130. The Morgan fingerprint density at radius 3 is 2.15 bits per heavy atom. The number of allylic oxidation sites excluding steroid dienone is 3. The van der Waals surface area contributed by atoms with Crippen LogP contribution in [0.3, 0.4) is 0 Å². The Morgan fingerprint density at radius 1 is 0.824 bits per heavy atom. The van der Waals surface area contributed by atoms with Gasteiger partial charge in [-0.3, -0.25) is 44.8 Å².